The summed E-state index contributed by atoms with van der Waals surface area (Å²) in [5.74, 6) is 0.0389. The third-order valence-electron chi connectivity index (χ3n) is 3.68. The number of nitrogens with zero attached hydrogens (tertiary/aromatic N) is 2. The van der Waals surface area contributed by atoms with Gasteiger partial charge in [-0.15, -0.1) is 0 Å². The van der Waals surface area contributed by atoms with Crippen LogP contribution in [0.2, 0.25) is 0 Å². The Morgan fingerprint density at radius 1 is 1.26 bits per heavy atom. The molecular weight excluding hydrogens is 322 g/mol. The molecule has 9 heteroatoms. The number of amides is 1. The van der Waals surface area contributed by atoms with E-state index in [9.17, 15) is 23.3 Å². The highest BCUT2D eigenvalue weighted by atomic mass is 32.2. The molecule has 23 heavy (non-hydrogen) atoms. The minimum atomic E-state index is -3.84. The largest absolute Gasteiger partial charge is 0.341 e. The maximum Gasteiger partial charge on any atom is 0.270 e. The Kier molecular flexibility index (Phi) is 5.67. The molecule has 0 saturated carbocycles. The number of rotatable bonds is 6. The zero-order valence-electron chi connectivity index (χ0n) is 12.6. The van der Waals surface area contributed by atoms with E-state index in [2.05, 4.69) is 4.72 Å². The summed E-state index contributed by atoms with van der Waals surface area (Å²) in [4.78, 5) is 23.4. The van der Waals surface area contributed by atoms with Crippen molar-refractivity contribution in [1.82, 2.24) is 9.62 Å². The molecule has 0 unspecified atom stereocenters. The standard InChI is InChI=1S/C14H19N3O5S/c18-14-7-2-1-3-9-16(14)10-8-15-23(21,22)13-6-4-5-12(11-13)17(19)20/h4-6,11,15H,1-3,7-10H2. The lowest BCUT2D eigenvalue weighted by molar-refractivity contribution is -0.385. The number of hydrogen-bond acceptors (Lipinski definition) is 5. The summed E-state index contributed by atoms with van der Waals surface area (Å²) < 4.78 is 26.7. The quantitative estimate of drug-likeness (QED) is 0.619. The van der Waals surface area contributed by atoms with Crippen molar-refractivity contribution in [1.29, 1.82) is 0 Å². The Bertz CT molecular complexity index is 689. The van der Waals surface area contributed by atoms with Crippen LogP contribution in [0.3, 0.4) is 0 Å². The van der Waals surface area contributed by atoms with E-state index in [1.807, 2.05) is 0 Å². The van der Waals surface area contributed by atoms with Crippen LogP contribution >= 0.6 is 0 Å². The van der Waals surface area contributed by atoms with Crippen LogP contribution in [0.5, 0.6) is 0 Å². The van der Waals surface area contributed by atoms with Crippen LogP contribution in [0.15, 0.2) is 29.2 Å². The molecule has 1 heterocycles. The van der Waals surface area contributed by atoms with Crippen molar-refractivity contribution in [2.45, 2.75) is 30.6 Å². The van der Waals surface area contributed by atoms with Gasteiger partial charge in [0.2, 0.25) is 15.9 Å². The summed E-state index contributed by atoms with van der Waals surface area (Å²) in [6, 6.07) is 4.87. The number of carbonyl (C=O) groups excluding carboxylic acids is 1. The van der Waals surface area contributed by atoms with Crippen LogP contribution in [0.1, 0.15) is 25.7 Å². The molecule has 0 bridgehead atoms. The summed E-state index contributed by atoms with van der Waals surface area (Å²) in [7, 11) is -3.84. The average Bonchev–Trinajstić information content (AvgIpc) is 2.72. The molecular formula is C14H19N3O5S. The molecule has 1 aromatic carbocycles. The Labute approximate surface area is 134 Å². The molecule has 8 nitrogen and oxygen atoms in total. The Balaban J connectivity index is 1.97. The van der Waals surface area contributed by atoms with Crippen molar-refractivity contribution < 1.29 is 18.1 Å². The highest BCUT2D eigenvalue weighted by molar-refractivity contribution is 7.89. The first-order chi connectivity index (χ1) is 10.9. The molecule has 0 radical (unpaired) electrons. The summed E-state index contributed by atoms with van der Waals surface area (Å²) in [6.45, 7) is 1.02. The Morgan fingerprint density at radius 2 is 2.04 bits per heavy atom. The fraction of sp³-hybridized carbons (Fsp3) is 0.500. The van der Waals surface area contributed by atoms with Gasteiger partial charge in [0, 0.05) is 38.2 Å². The van der Waals surface area contributed by atoms with Gasteiger partial charge in [-0.25, -0.2) is 13.1 Å². The fourth-order valence-corrected chi connectivity index (χ4v) is 3.50. The predicted molar refractivity (Wildman–Crippen MR) is 83.3 cm³/mol. The lowest BCUT2D eigenvalue weighted by Crippen LogP contribution is -2.38. The smallest absolute Gasteiger partial charge is 0.270 e. The Morgan fingerprint density at radius 3 is 2.78 bits per heavy atom. The van der Waals surface area contributed by atoms with Crippen molar-refractivity contribution in [2.75, 3.05) is 19.6 Å². The van der Waals surface area contributed by atoms with Gasteiger partial charge in [-0.05, 0) is 18.9 Å². The first kappa shape index (κ1) is 17.4. The third kappa shape index (κ3) is 4.73. The maximum atomic E-state index is 12.2. The van der Waals surface area contributed by atoms with Crippen molar-refractivity contribution in [3.8, 4) is 0 Å². The van der Waals surface area contributed by atoms with E-state index in [0.717, 1.165) is 25.3 Å². The van der Waals surface area contributed by atoms with Crippen molar-refractivity contribution >= 4 is 21.6 Å². The minimum Gasteiger partial charge on any atom is -0.341 e. The molecule has 0 spiro atoms. The van der Waals surface area contributed by atoms with Crippen LogP contribution in [-0.2, 0) is 14.8 Å². The summed E-state index contributed by atoms with van der Waals surface area (Å²) in [6.07, 6.45) is 3.29. The van der Waals surface area contributed by atoms with Crippen molar-refractivity contribution in [2.24, 2.45) is 0 Å². The van der Waals surface area contributed by atoms with Gasteiger partial charge in [0.05, 0.1) is 9.82 Å². The summed E-state index contributed by atoms with van der Waals surface area (Å²) in [5.41, 5.74) is -0.282. The van der Waals surface area contributed by atoms with Gasteiger partial charge >= 0.3 is 0 Å². The SMILES string of the molecule is O=C1CCCCCN1CCNS(=O)(=O)c1cccc([N+](=O)[O-])c1. The molecule has 1 saturated heterocycles. The molecule has 1 N–H and O–H groups in total. The summed E-state index contributed by atoms with van der Waals surface area (Å²) >= 11 is 0. The number of benzene rings is 1. The van der Waals surface area contributed by atoms with Gasteiger partial charge < -0.3 is 4.90 Å². The van der Waals surface area contributed by atoms with Crippen LogP contribution in [0.4, 0.5) is 5.69 Å². The van der Waals surface area contributed by atoms with Gasteiger partial charge in [-0.3, -0.25) is 14.9 Å². The third-order valence-corrected chi connectivity index (χ3v) is 5.14. The topological polar surface area (TPSA) is 110 Å². The van der Waals surface area contributed by atoms with Crippen LogP contribution in [0.25, 0.3) is 0 Å². The van der Waals surface area contributed by atoms with Gasteiger partial charge in [0.15, 0.2) is 0 Å². The molecule has 0 atom stereocenters. The number of nitro benzene ring substituents is 1. The van der Waals surface area contributed by atoms with Gasteiger partial charge in [0.25, 0.3) is 5.69 Å². The molecule has 1 aromatic rings. The highest BCUT2D eigenvalue weighted by Crippen LogP contribution is 2.17. The minimum absolute atomic E-state index is 0.0389. The number of hydrogen-bond donors (Lipinski definition) is 1. The number of likely N-dealkylation sites (tertiary alicyclic amines) is 1. The molecule has 1 aliphatic heterocycles. The molecule has 1 fully saturated rings. The molecule has 0 aliphatic carbocycles. The molecule has 1 aliphatic rings. The first-order valence-corrected chi connectivity index (χ1v) is 8.90. The van der Waals surface area contributed by atoms with E-state index < -0.39 is 14.9 Å². The second kappa shape index (κ2) is 7.51. The van der Waals surface area contributed by atoms with E-state index in [-0.39, 0.29) is 23.0 Å². The van der Waals surface area contributed by atoms with E-state index in [1.165, 1.54) is 18.2 Å². The van der Waals surface area contributed by atoms with Crippen molar-refractivity contribution in [3.63, 3.8) is 0 Å². The monoisotopic (exact) mass is 341 g/mol. The normalized spacial score (nSPS) is 16.2. The average molecular weight is 341 g/mol. The zero-order valence-corrected chi connectivity index (χ0v) is 13.4. The Hall–Kier alpha value is -2.00. The molecule has 0 aromatic heterocycles. The van der Waals surface area contributed by atoms with E-state index in [1.54, 1.807) is 4.90 Å². The predicted octanol–water partition coefficient (Wildman–Crippen LogP) is 1.28. The zero-order chi connectivity index (χ0) is 16.9. The number of carbonyl (C=O) groups is 1. The van der Waals surface area contributed by atoms with E-state index >= 15 is 0 Å². The second-order valence-electron chi connectivity index (χ2n) is 5.34. The molecule has 2 rings (SSSR count). The number of sulfonamides is 1. The number of nitro groups is 1. The maximum absolute atomic E-state index is 12.2. The van der Waals surface area contributed by atoms with Crippen LogP contribution in [-0.4, -0.2) is 43.8 Å². The van der Waals surface area contributed by atoms with Gasteiger partial charge in [0.1, 0.15) is 0 Å². The number of nitrogens with one attached hydrogen (secondary N) is 1. The van der Waals surface area contributed by atoms with Crippen LogP contribution < -0.4 is 4.72 Å². The van der Waals surface area contributed by atoms with Gasteiger partial charge in [-0.2, -0.15) is 0 Å². The lowest BCUT2D eigenvalue weighted by Gasteiger charge is -2.20. The van der Waals surface area contributed by atoms with Gasteiger partial charge in [-0.1, -0.05) is 12.5 Å². The lowest BCUT2D eigenvalue weighted by atomic mass is 10.2. The highest BCUT2D eigenvalue weighted by Gasteiger charge is 2.19. The first-order valence-electron chi connectivity index (χ1n) is 7.42. The van der Waals surface area contributed by atoms with E-state index in [0.29, 0.717) is 19.5 Å². The van der Waals surface area contributed by atoms with E-state index in [4.69, 9.17) is 0 Å². The van der Waals surface area contributed by atoms with Crippen LogP contribution in [0, 0.1) is 10.1 Å². The second-order valence-corrected chi connectivity index (χ2v) is 7.11. The number of non-ortho nitro benzene ring substituents is 1. The van der Waals surface area contributed by atoms with Crippen molar-refractivity contribution in [3.05, 3.63) is 34.4 Å². The fourth-order valence-electron chi connectivity index (χ4n) is 2.44. The molecule has 126 valence electrons. The summed E-state index contributed by atoms with van der Waals surface area (Å²) in [5, 5.41) is 10.7. The molecule has 1 amide bonds.